The molecule has 1 aliphatic rings. The first-order valence-electron chi connectivity index (χ1n) is 5.99. The summed E-state index contributed by atoms with van der Waals surface area (Å²) in [6.07, 6.45) is 0.357. The fourth-order valence-corrected chi connectivity index (χ4v) is 2.49. The molecule has 1 aromatic heterocycles. The zero-order valence-corrected chi connectivity index (χ0v) is 10.0. The van der Waals surface area contributed by atoms with Gasteiger partial charge in [0.15, 0.2) is 5.78 Å². The summed E-state index contributed by atoms with van der Waals surface area (Å²) in [6, 6.07) is 12.3. The van der Waals surface area contributed by atoms with Crippen molar-refractivity contribution in [3.05, 3.63) is 65.0 Å². The largest absolute Gasteiger partial charge is 0.477 e. The third-order valence-corrected chi connectivity index (χ3v) is 3.37. The van der Waals surface area contributed by atoms with E-state index in [0.29, 0.717) is 12.1 Å². The molecule has 2 aromatic rings. The molecule has 3 rings (SSSR count). The fourth-order valence-electron chi connectivity index (χ4n) is 2.49. The Morgan fingerprint density at radius 1 is 1.16 bits per heavy atom. The molecule has 1 N–H and O–H groups in total. The normalized spacial score (nSPS) is 17.3. The Bertz CT molecular complexity index is 679. The molecule has 19 heavy (non-hydrogen) atoms. The molecule has 0 spiro atoms. The Kier molecular flexibility index (Phi) is 2.63. The van der Waals surface area contributed by atoms with Crippen molar-refractivity contribution in [3.63, 3.8) is 0 Å². The van der Waals surface area contributed by atoms with E-state index in [1.807, 2.05) is 18.2 Å². The molecule has 0 aliphatic heterocycles. The first-order chi connectivity index (χ1) is 9.16. The van der Waals surface area contributed by atoms with Crippen LogP contribution < -0.4 is 0 Å². The van der Waals surface area contributed by atoms with Gasteiger partial charge in [0.1, 0.15) is 5.69 Å². The average molecular weight is 253 g/mol. The van der Waals surface area contributed by atoms with Crippen molar-refractivity contribution in [2.75, 3.05) is 0 Å². The van der Waals surface area contributed by atoms with Crippen LogP contribution in [0.5, 0.6) is 0 Å². The predicted octanol–water partition coefficient (Wildman–Crippen LogP) is 2.50. The van der Waals surface area contributed by atoms with Gasteiger partial charge in [-0.2, -0.15) is 0 Å². The third kappa shape index (κ3) is 1.91. The van der Waals surface area contributed by atoms with Crippen molar-refractivity contribution in [1.29, 1.82) is 0 Å². The highest BCUT2D eigenvalue weighted by molar-refractivity contribution is 6.01. The summed E-state index contributed by atoms with van der Waals surface area (Å²) < 4.78 is 0. The van der Waals surface area contributed by atoms with Gasteiger partial charge in [-0.1, -0.05) is 30.3 Å². The van der Waals surface area contributed by atoms with E-state index >= 15 is 0 Å². The van der Waals surface area contributed by atoms with Crippen LogP contribution in [0.4, 0.5) is 0 Å². The summed E-state index contributed by atoms with van der Waals surface area (Å²) in [5.41, 5.74) is 2.30. The van der Waals surface area contributed by atoms with E-state index in [0.717, 1.165) is 11.1 Å². The van der Waals surface area contributed by atoms with Crippen molar-refractivity contribution < 1.29 is 14.7 Å². The van der Waals surface area contributed by atoms with Crippen LogP contribution in [-0.2, 0) is 0 Å². The van der Waals surface area contributed by atoms with E-state index in [1.165, 1.54) is 6.07 Å². The van der Waals surface area contributed by atoms with E-state index in [1.54, 1.807) is 18.2 Å². The summed E-state index contributed by atoms with van der Waals surface area (Å²) in [4.78, 5) is 27.0. The van der Waals surface area contributed by atoms with Crippen LogP contribution in [0.2, 0.25) is 0 Å². The molecule has 0 saturated heterocycles. The molecular weight excluding hydrogens is 242 g/mol. The van der Waals surface area contributed by atoms with Crippen LogP contribution in [0.3, 0.4) is 0 Å². The van der Waals surface area contributed by atoms with Crippen molar-refractivity contribution in [2.24, 2.45) is 0 Å². The summed E-state index contributed by atoms with van der Waals surface area (Å²) in [6.45, 7) is 0. The lowest BCUT2D eigenvalue weighted by atomic mass is 9.97. The molecule has 1 heterocycles. The fraction of sp³-hybridized carbons (Fsp3) is 0.133. The molecule has 0 radical (unpaired) electrons. The highest BCUT2D eigenvalue weighted by Gasteiger charge is 2.31. The molecule has 4 heteroatoms. The van der Waals surface area contributed by atoms with Gasteiger partial charge < -0.3 is 5.11 Å². The van der Waals surface area contributed by atoms with E-state index < -0.39 is 5.97 Å². The lowest BCUT2D eigenvalue weighted by Crippen LogP contribution is -2.06. The van der Waals surface area contributed by atoms with Crippen molar-refractivity contribution in [3.8, 4) is 0 Å². The summed E-state index contributed by atoms with van der Waals surface area (Å²) in [5, 5.41) is 8.97. The number of carbonyl (C=O) groups excluding carboxylic acids is 1. The van der Waals surface area contributed by atoms with Crippen molar-refractivity contribution in [2.45, 2.75) is 12.3 Å². The lowest BCUT2D eigenvalue weighted by Gasteiger charge is -2.10. The number of carbonyl (C=O) groups is 2. The van der Waals surface area contributed by atoms with Crippen LogP contribution in [0.1, 0.15) is 44.4 Å². The monoisotopic (exact) mass is 253 g/mol. The molecule has 0 amide bonds. The number of aromatic nitrogens is 1. The molecule has 4 nitrogen and oxygen atoms in total. The molecule has 1 atom stereocenters. The first kappa shape index (κ1) is 11.6. The standard InChI is InChI=1S/C15H11NO3/c17-14-8-11(9-4-1-2-5-10(9)14)12-6-3-7-13(16-12)15(18)19/h1-7,11H,8H2,(H,18,19). The van der Waals surface area contributed by atoms with Crippen molar-refractivity contribution >= 4 is 11.8 Å². The number of Topliss-reactive ketones (excluding diaryl/α,β-unsaturated/α-hetero) is 1. The minimum atomic E-state index is -1.06. The van der Waals surface area contributed by atoms with E-state index in [2.05, 4.69) is 4.98 Å². The number of carboxylic acid groups (broad SMARTS) is 1. The summed E-state index contributed by atoms with van der Waals surface area (Å²) in [5.74, 6) is -1.11. The van der Waals surface area contributed by atoms with E-state index in [-0.39, 0.29) is 17.4 Å². The Labute approximate surface area is 109 Å². The maximum Gasteiger partial charge on any atom is 0.354 e. The van der Waals surface area contributed by atoms with Gasteiger partial charge in [0, 0.05) is 23.6 Å². The Hall–Kier alpha value is -2.49. The van der Waals surface area contributed by atoms with Crippen molar-refractivity contribution in [1.82, 2.24) is 4.98 Å². The van der Waals surface area contributed by atoms with Gasteiger partial charge in [0.2, 0.25) is 0 Å². The molecule has 1 aliphatic carbocycles. The van der Waals surface area contributed by atoms with Gasteiger partial charge in [-0.15, -0.1) is 0 Å². The van der Waals surface area contributed by atoms with E-state index in [4.69, 9.17) is 5.11 Å². The Morgan fingerprint density at radius 2 is 1.95 bits per heavy atom. The Balaban J connectivity index is 2.07. The smallest absolute Gasteiger partial charge is 0.354 e. The molecule has 1 unspecified atom stereocenters. The lowest BCUT2D eigenvalue weighted by molar-refractivity contribution is 0.0690. The van der Waals surface area contributed by atoms with E-state index in [9.17, 15) is 9.59 Å². The summed E-state index contributed by atoms with van der Waals surface area (Å²) in [7, 11) is 0. The second kappa shape index (κ2) is 4.31. The zero-order chi connectivity index (χ0) is 13.4. The minimum absolute atomic E-state index is 0.00864. The first-order valence-corrected chi connectivity index (χ1v) is 5.99. The summed E-state index contributed by atoms with van der Waals surface area (Å²) >= 11 is 0. The quantitative estimate of drug-likeness (QED) is 0.892. The number of benzene rings is 1. The molecule has 94 valence electrons. The number of carboxylic acids is 1. The highest BCUT2D eigenvalue weighted by atomic mass is 16.4. The third-order valence-electron chi connectivity index (χ3n) is 3.37. The topological polar surface area (TPSA) is 67.3 Å². The molecule has 0 fully saturated rings. The number of aromatic carboxylic acids is 1. The average Bonchev–Trinajstić information content (AvgIpc) is 2.77. The number of pyridine rings is 1. The maximum absolute atomic E-state index is 11.9. The molecule has 1 aromatic carbocycles. The maximum atomic E-state index is 11.9. The number of nitrogens with zero attached hydrogens (tertiary/aromatic N) is 1. The number of fused-ring (bicyclic) bond motifs is 1. The Morgan fingerprint density at radius 3 is 2.74 bits per heavy atom. The van der Waals surface area contributed by atoms with Crippen LogP contribution >= 0.6 is 0 Å². The van der Waals surface area contributed by atoms with Crippen LogP contribution in [0.15, 0.2) is 42.5 Å². The zero-order valence-electron chi connectivity index (χ0n) is 10.0. The van der Waals surface area contributed by atoms with Gasteiger partial charge in [0.05, 0.1) is 0 Å². The SMILES string of the molecule is O=C(O)c1cccc(C2CC(=O)c3ccccc32)n1. The van der Waals surface area contributed by atoms with Crippen LogP contribution in [0.25, 0.3) is 0 Å². The molecule has 0 bridgehead atoms. The minimum Gasteiger partial charge on any atom is -0.477 e. The predicted molar refractivity (Wildman–Crippen MR) is 68.4 cm³/mol. The van der Waals surface area contributed by atoms with Crippen LogP contribution in [-0.4, -0.2) is 21.8 Å². The van der Waals surface area contributed by atoms with Crippen LogP contribution in [0, 0.1) is 0 Å². The molecular formula is C15H11NO3. The van der Waals surface area contributed by atoms with Gasteiger partial charge in [-0.25, -0.2) is 9.78 Å². The van der Waals surface area contributed by atoms with Gasteiger partial charge in [-0.05, 0) is 17.7 Å². The highest BCUT2D eigenvalue weighted by Crippen LogP contribution is 2.36. The molecule has 0 saturated carbocycles. The van der Waals surface area contributed by atoms with Gasteiger partial charge in [-0.3, -0.25) is 4.79 Å². The second-order valence-corrected chi connectivity index (χ2v) is 4.52. The number of ketones is 1. The number of hydrogen-bond donors (Lipinski definition) is 1. The number of hydrogen-bond acceptors (Lipinski definition) is 3. The van der Waals surface area contributed by atoms with Gasteiger partial charge in [0.25, 0.3) is 0 Å². The van der Waals surface area contributed by atoms with Gasteiger partial charge >= 0.3 is 5.97 Å². The number of rotatable bonds is 2. The second-order valence-electron chi connectivity index (χ2n) is 4.52.